The number of hydrogen-bond donors (Lipinski definition) is 2. The number of aromatic nitrogens is 7. The summed E-state index contributed by atoms with van der Waals surface area (Å²) in [6, 6.07) is 7.07. The number of alkyl halides is 3. The lowest BCUT2D eigenvalue weighted by Gasteiger charge is -2.14. The Balaban J connectivity index is 1.63. The molecule has 40 heavy (non-hydrogen) atoms. The number of carbonyl (C=O) groups is 1. The van der Waals surface area contributed by atoms with Gasteiger partial charge in [0.05, 0.1) is 14.2 Å². The van der Waals surface area contributed by atoms with Crippen molar-refractivity contribution in [2.24, 2.45) is 0 Å². The Morgan fingerprint density at radius 2 is 1.75 bits per heavy atom. The number of methoxy groups -OCH3 is 2. The average molecular weight is 552 g/mol. The largest absolute Gasteiger partial charge is 0.497 e. The first-order valence-electron chi connectivity index (χ1n) is 11.4. The molecule has 0 radical (unpaired) electrons. The van der Waals surface area contributed by atoms with E-state index in [0.717, 1.165) is 16.9 Å². The van der Waals surface area contributed by atoms with E-state index < -0.39 is 17.8 Å². The van der Waals surface area contributed by atoms with E-state index >= 15 is 0 Å². The van der Waals surface area contributed by atoms with Crippen LogP contribution in [0.15, 0.2) is 67.6 Å². The number of rotatable bonds is 8. The van der Waals surface area contributed by atoms with E-state index in [1.54, 1.807) is 18.2 Å². The first kappa shape index (κ1) is 26.1. The normalized spacial score (nSPS) is 11.3. The molecule has 4 heterocycles. The Kier molecular flexibility index (Phi) is 6.77. The molecule has 0 spiro atoms. The maximum atomic E-state index is 13.3. The van der Waals surface area contributed by atoms with E-state index in [2.05, 4.69) is 30.4 Å². The molecule has 0 saturated heterocycles. The fourth-order valence-electron chi connectivity index (χ4n) is 3.77. The average Bonchev–Trinajstić information content (AvgIpc) is 3.65. The molecule has 5 aromatic rings. The second-order valence-corrected chi connectivity index (χ2v) is 8.17. The summed E-state index contributed by atoms with van der Waals surface area (Å²) in [5.41, 5.74) is -0.425. The molecule has 2 N–H and O–H groups in total. The van der Waals surface area contributed by atoms with Crippen LogP contribution in [-0.2, 0) is 6.18 Å². The molecule has 1 aromatic carbocycles. The van der Waals surface area contributed by atoms with Gasteiger partial charge in [0, 0.05) is 66.0 Å². The first-order valence-corrected chi connectivity index (χ1v) is 11.4. The molecule has 0 aliphatic heterocycles. The summed E-state index contributed by atoms with van der Waals surface area (Å²) in [5.74, 6) is -0.267. The van der Waals surface area contributed by atoms with Crippen LogP contribution in [0.2, 0.25) is 0 Å². The van der Waals surface area contributed by atoms with Gasteiger partial charge in [0.15, 0.2) is 17.3 Å². The minimum absolute atomic E-state index is 0.0135. The van der Waals surface area contributed by atoms with Crippen LogP contribution in [0.4, 0.5) is 24.8 Å². The van der Waals surface area contributed by atoms with Crippen molar-refractivity contribution in [1.82, 2.24) is 34.3 Å². The van der Waals surface area contributed by atoms with Crippen LogP contribution < -0.4 is 14.8 Å². The Bertz CT molecular complexity index is 1660. The third kappa shape index (κ3) is 5.24. The minimum Gasteiger partial charge on any atom is -0.497 e. The van der Waals surface area contributed by atoms with Crippen LogP contribution in [-0.4, -0.2) is 59.6 Å². The van der Waals surface area contributed by atoms with E-state index in [1.165, 1.54) is 56.0 Å². The molecule has 204 valence electrons. The Labute approximate surface area is 223 Å². The van der Waals surface area contributed by atoms with E-state index in [-0.39, 0.29) is 34.3 Å². The van der Waals surface area contributed by atoms with Gasteiger partial charge in [-0.05, 0) is 12.1 Å². The van der Waals surface area contributed by atoms with E-state index in [4.69, 9.17) is 9.47 Å². The van der Waals surface area contributed by atoms with Crippen LogP contribution in [0.1, 0.15) is 16.1 Å². The molecular formula is C25H19F3N8O4. The summed E-state index contributed by atoms with van der Waals surface area (Å²) in [6.45, 7) is 0. The van der Waals surface area contributed by atoms with Crippen LogP contribution in [0.5, 0.6) is 11.5 Å². The topological polar surface area (TPSA) is 142 Å². The molecule has 0 fully saturated rings. The van der Waals surface area contributed by atoms with Gasteiger partial charge in [0.2, 0.25) is 5.95 Å². The van der Waals surface area contributed by atoms with Crippen molar-refractivity contribution in [3.05, 3.63) is 78.9 Å². The summed E-state index contributed by atoms with van der Waals surface area (Å²) in [5, 5.41) is 16.4. The lowest BCUT2D eigenvalue weighted by atomic mass is 10.1. The zero-order valence-electron chi connectivity index (χ0n) is 20.8. The number of aromatic carboxylic acids is 1. The molecule has 4 aromatic heterocycles. The number of hydrogen-bond acceptors (Lipinski definition) is 9. The highest BCUT2D eigenvalue weighted by atomic mass is 19.4. The van der Waals surface area contributed by atoms with Gasteiger partial charge in [-0.1, -0.05) is 0 Å². The molecule has 0 amide bonds. The van der Waals surface area contributed by atoms with E-state index in [1.807, 2.05) is 0 Å². The highest BCUT2D eigenvalue weighted by Gasteiger charge is 2.34. The summed E-state index contributed by atoms with van der Waals surface area (Å²) >= 11 is 0. The number of nitrogens with one attached hydrogen (secondary N) is 1. The molecule has 5 rings (SSSR count). The van der Waals surface area contributed by atoms with Crippen LogP contribution in [0.25, 0.3) is 22.8 Å². The maximum absolute atomic E-state index is 13.3. The molecule has 15 heteroatoms. The number of ether oxygens (including phenoxy) is 2. The SMILES string of the molecule is COc1cc(Nc2ncc(-c3cnc(-n4ccnc4)c(C(=O)O)c3)c(-n3ccc(C(F)(F)F)n3)n2)cc(OC)c1. The monoisotopic (exact) mass is 552 g/mol. The number of benzene rings is 1. The zero-order chi connectivity index (χ0) is 28.4. The summed E-state index contributed by atoms with van der Waals surface area (Å²) in [7, 11) is 2.96. The highest BCUT2D eigenvalue weighted by Crippen LogP contribution is 2.32. The van der Waals surface area contributed by atoms with Gasteiger partial charge in [-0.2, -0.15) is 23.3 Å². The first-order chi connectivity index (χ1) is 19.2. The fourth-order valence-corrected chi connectivity index (χ4v) is 3.77. The summed E-state index contributed by atoms with van der Waals surface area (Å²) in [6.07, 6.45) is 3.47. The Morgan fingerprint density at radius 3 is 2.35 bits per heavy atom. The number of nitrogens with zero attached hydrogens (tertiary/aromatic N) is 7. The van der Waals surface area contributed by atoms with Gasteiger partial charge >= 0.3 is 12.1 Å². The van der Waals surface area contributed by atoms with Crippen molar-refractivity contribution in [2.75, 3.05) is 19.5 Å². The van der Waals surface area contributed by atoms with Crippen molar-refractivity contribution in [2.45, 2.75) is 6.18 Å². The summed E-state index contributed by atoms with van der Waals surface area (Å²) < 4.78 is 52.9. The third-order valence-electron chi connectivity index (χ3n) is 5.63. The predicted octanol–water partition coefficient (Wildman–Crippen LogP) is 4.39. The minimum atomic E-state index is -4.69. The molecule has 12 nitrogen and oxygen atoms in total. The van der Waals surface area contributed by atoms with Crippen molar-refractivity contribution in [3.63, 3.8) is 0 Å². The van der Waals surface area contributed by atoms with E-state index in [0.29, 0.717) is 17.2 Å². The van der Waals surface area contributed by atoms with Crippen molar-refractivity contribution >= 4 is 17.6 Å². The maximum Gasteiger partial charge on any atom is 0.435 e. The lowest BCUT2D eigenvalue weighted by molar-refractivity contribution is -0.141. The quantitative estimate of drug-likeness (QED) is 0.285. The molecule has 0 saturated carbocycles. The van der Waals surface area contributed by atoms with Crippen LogP contribution in [0.3, 0.4) is 0 Å². The van der Waals surface area contributed by atoms with Crippen LogP contribution in [0, 0.1) is 0 Å². The number of pyridine rings is 1. The molecule has 0 aliphatic carbocycles. The highest BCUT2D eigenvalue weighted by molar-refractivity contribution is 5.93. The second-order valence-electron chi connectivity index (χ2n) is 8.17. The standard InChI is InChI=1S/C25H19F3N8O4/c1-39-16-8-15(9-17(10-16)40-2)32-24-31-12-19(22(33-24)36-5-3-20(34-36)25(26,27)28)14-7-18(23(37)38)21(30-11-14)35-6-4-29-13-35/h3-13H,1-2H3,(H,37,38)(H,31,32,33). The number of halogens is 3. The number of carboxylic acids is 1. The molecule has 0 aliphatic rings. The van der Waals surface area contributed by atoms with Crippen molar-refractivity contribution in [1.29, 1.82) is 0 Å². The van der Waals surface area contributed by atoms with Crippen molar-refractivity contribution < 1.29 is 32.5 Å². The van der Waals surface area contributed by atoms with Gasteiger partial charge in [-0.25, -0.2) is 24.4 Å². The van der Waals surface area contributed by atoms with Crippen molar-refractivity contribution in [3.8, 4) is 34.3 Å². The fraction of sp³-hybridized carbons (Fsp3) is 0.120. The summed E-state index contributed by atoms with van der Waals surface area (Å²) in [4.78, 5) is 28.9. The van der Waals surface area contributed by atoms with Crippen LogP contribution >= 0.6 is 0 Å². The lowest BCUT2D eigenvalue weighted by Crippen LogP contribution is -2.11. The number of carboxylic acid groups (broad SMARTS) is 1. The number of imidazole rings is 1. The van der Waals surface area contributed by atoms with Gasteiger partial charge < -0.3 is 19.9 Å². The Hall–Kier alpha value is -5.47. The number of anilines is 2. The predicted molar refractivity (Wildman–Crippen MR) is 134 cm³/mol. The second kappa shape index (κ2) is 10.4. The third-order valence-corrected chi connectivity index (χ3v) is 5.63. The van der Waals surface area contributed by atoms with Gasteiger partial charge in [-0.3, -0.25) is 4.57 Å². The Morgan fingerprint density at radius 1 is 1.00 bits per heavy atom. The zero-order valence-corrected chi connectivity index (χ0v) is 20.8. The smallest absolute Gasteiger partial charge is 0.435 e. The van der Waals surface area contributed by atoms with E-state index in [9.17, 15) is 23.1 Å². The van der Waals surface area contributed by atoms with Gasteiger partial charge in [0.25, 0.3) is 0 Å². The molecular weight excluding hydrogens is 533 g/mol. The molecule has 0 unspecified atom stereocenters. The van der Waals surface area contributed by atoms with Gasteiger partial charge in [-0.15, -0.1) is 0 Å². The molecule has 0 bridgehead atoms. The molecule has 0 atom stereocenters. The van der Waals surface area contributed by atoms with Gasteiger partial charge in [0.1, 0.15) is 23.4 Å².